The lowest BCUT2D eigenvalue weighted by Crippen LogP contribution is -2.21. The predicted octanol–water partition coefficient (Wildman–Crippen LogP) is 4.67. The van der Waals surface area contributed by atoms with Crippen LogP contribution in [-0.4, -0.2) is 30.2 Å². The molecule has 30 heavy (non-hydrogen) atoms. The molecule has 8 heteroatoms. The molecule has 0 aliphatic carbocycles. The Hall–Kier alpha value is -2.32. The summed E-state index contributed by atoms with van der Waals surface area (Å²) >= 11 is 3.51. The monoisotopic (exact) mass is 493 g/mol. The van der Waals surface area contributed by atoms with Crippen molar-refractivity contribution in [1.82, 2.24) is 3.97 Å². The van der Waals surface area contributed by atoms with Crippen LogP contribution in [0.2, 0.25) is 0 Å². The zero-order chi connectivity index (χ0) is 21.9. The van der Waals surface area contributed by atoms with E-state index in [0.29, 0.717) is 22.3 Å². The Morgan fingerprint density at radius 1 is 1.17 bits per heavy atom. The van der Waals surface area contributed by atoms with Gasteiger partial charge in [-0.2, -0.15) is 0 Å². The Morgan fingerprint density at radius 3 is 2.60 bits per heavy atom. The van der Waals surface area contributed by atoms with Crippen LogP contribution in [0.15, 0.2) is 53.1 Å². The van der Waals surface area contributed by atoms with Crippen molar-refractivity contribution in [3.63, 3.8) is 0 Å². The summed E-state index contributed by atoms with van der Waals surface area (Å²) in [7, 11) is -3.46. The smallest absolute Gasteiger partial charge is 0.310 e. The van der Waals surface area contributed by atoms with Crippen LogP contribution in [0.5, 0.6) is 5.75 Å². The summed E-state index contributed by atoms with van der Waals surface area (Å²) in [4.78, 5) is 11.8. The van der Waals surface area contributed by atoms with Crippen LogP contribution < -0.4 is 4.74 Å². The predicted molar refractivity (Wildman–Crippen MR) is 120 cm³/mol. The highest BCUT2D eigenvalue weighted by Gasteiger charge is 2.22. The molecule has 0 aliphatic heterocycles. The maximum absolute atomic E-state index is 12.6. The average Bonchev–Trinajstić information content (AvgIpc) is 3.13. The van der Waals surface area contributed by atoms with Crippen LogP contribution in [0.3, 0.4) is 0 Å². The van der Waals surface area contributed by atoms with Gasteiger partial charge in [-0.1, -0.05) is 18.2 Å². The highest BCUT2D eigenvalue weighted by atomic mass is 79.9. The van der Waals surface area contributed by atoms with E-state index in [-0.39, 0.29) is 19.0 Å². The number of nitrogens with zero attached hydrogens (tertiary/aromatic N) is 1. The summed E-state index contributed by atoms with van der Waals surface area (Å²) in [5.74, 6) is 0.312. The fourth-order valence-corrected chi connectivity index (χ4v) is 5.08. The third-order valence-corrected chi connectivity index (χ3v) is 7.29. The second-order valence-electron chi connectivity index (χ2n) is 7.10. The van der Waals surface area contributed by atoms with Crippen LogP contribution in [0.1, 0.15) is 31.9 Å². The van der Waals surface area contributed by atoms with Crippen LogP contribution in [-0.2, 0) is 32.6 Å². The third-order valence-electron chi connectivity index (χ3n) is 4.64. The Kier molecular flexibility index (Phi) is 6.88. The number of carbonyl (C=O) groups excluding carboxylic acids is 1. The fourth-order valence-electron chi connectivity index (χ4n) is 3.10. The van der Waals surface area contributed by atoms with Crippen molar-refractivity contribution < 1.29 is 22.7 Å². The minimum atomic E-state index is -3.46. The van der Waals surface area contributed by atoms with Crippen molar-refractivity contribution in [2.75, 3.05) is 6.61 Å². The first kappa shape index (κ1) is 22.4. The van der Waals surface area contributed by atoms with Gasteiger partial charge < -0.3 is 9.47 Å². The first-order chi connectivity index (χ1) is 14.2. The van der Waals surface area contributed by atoms with E-state index in [4.69, 9.17) is 9.47 Å². The lowest BCUT2D eigenvalue weighted by Gasteiger charge is -2.13. The summed E-state index contributed by atoms with van der Waals surface area (Å²) in [5.41, 5.74) is 2.24. The molecule has 0 aliphatic rings. The van der Waals surface area contributed by atoms with E-state index in [2.05, 4.69) is 15.9 Å². The number of para-hydroxylation sites is 1. The summed E-state index contributed by atoms with van der Waals surface area (Å²) in [6.45, 7) is 5.70. The van der Waals surface area contributed by atoms with Gasteiger partial charge in [-0.15, -0.1) is 0 Å². The van der Waals surface area contributed by atoms with Gasteiger partial charge in [0.15, 0.2) is 0 Å². The first-order valence-corrected chi connectivity index (χ1v) is 11.9. The quantitative estimate of drug-likeness (QED) is 0.426. The van der Waals surface area contributed by atoms with Crippen LogP contribution in [0, 0.1) is 0 Å². The Morgan fingerprint density at radius 2 is 1.90 bits per heavy atom. The minimum Gasteiger partial charge on any atom is -0.489 e. The number of halogens is 1. The summed E-state index contributed by atoms with van der Waals surface area (Å²) in [6, 6.07) is 12.9. The normalized spacial score (nSPS) is 11.8. The maximum Gasteiger partial charge on any atom is 0.310 e. The van der Waals surface area contributed by atoms with Gasteiger partial charge in [0.2, 0.25) is 10.0 Å². The fraction of sp³-hybridized carbons (Fsp3) is 0.318. The second kappa shape index (κ2) is 9.22. The molecule has 0 spiro atoms. The molecule has 3 aromatic rings. The van der Waals surface area contributed by atoms with Gasteiger partial charge >= 0.3 is 5.97 Å². The van der Waals surface area contributed by atoms with E-state index in [1.54, 1.807) is 33.0 Å². The van der Waals surface area contributed by atoms with Gasteiger partial charge in [-0.3, -0.25) is 4.79 Å². The molecule has 0 amide bonds. The van der Waals surface area contributed by atoms with Gasteiger partial charge in [0.05, 0.1) is 23.8 Å². The van der Waals surface area contributed by atoms with Crippen LogP contribution in [0.25, 0.3) is 10.9 Å². The SMILES string of the molecule is CCOC(=O)Cc1ccccc1OCc1cc(Br)c2c(ccn2S(=O)(=O)C(C)C)c1. The van der Waals surface area contributed by atoms with Gasteiger partial charge in [0.25, 0.3) is 0 Å². The largest absolute Gasteiger partial charge is 0.489 e. The van der Waals surface area contributed by atoms with Crippen molar-refractivity contribution in [2.45, 2.75) is 39.0 Å². The minimum absolute atomic E-state index is 0.142. The molecule has 0 fully saturated rings. The Bertz CT molecular complexity index is 1170. The highest BCUT2D eigenvalue weighted by Crippen LogP contribution is 2.30. The number of carbonyl (C=O) groups is 1. The highest BCUT2D eigenvalue weighted by molar-refractivity contribution is 9.10. The number of rotatable bonds is 8. The topological polar surface area (TPSA) is 74.6 Å². The average molecular weight is 494 g/mol. The molecular weight excluding hydrogens is 470 g/mol. The summed E-state index contributed by atoms with van der Waals surface area (Å²) in [6.07, 6.45) is 1.71. The molecule has 1 heterocycles. The molecule has 6 nitrogen and oxygen atoms in total. The van der Waals surface area contributed by atoms with Gasteiger partial charge in [-0.05, 0) is 66.5 Å². The number of esters is 1. The van der Waals surface area contributed by atoms with Crippen molar-refractivity contribution in [3.05, 3.63) is 64.3 Å². The standard InChI is InChI=1S/C22H24BrNO5S/c1-4-28-21(25)13-17-7-5-6-8-20(17)29-14-16-11-18-9-10-24(22(18)19(23)12-16)30(26,27)15(2)3/h5-12,15H,4,13-14H2,1-3H3. The lowest BCUT2D eigenvalue weighted by molar-refractivity contribution is -0.142. The molecule has 0 N–H and O–H groups in total. The van der Waals surface area contributed by atoms with E-state index in [1.807, 2.05) is 36.4 Å². The van der Waals surface area contributed by atoms with Crippen molar-refractivity contribution >= 4 is 42.8 Å². The molecule has 0 atom stereocenters. The van der Waals surface area contributed by atoms with Gasteiger partial charge in [-0.25, -0.2) is 12.4 Å². The number of fused-ring (bicyclic) bond motifs is 1. The Labute approximate surface area is 185 Å². The van der Waals surface area contributed by atoms with Crippen LogP contribution in [0.4, 0.5) is 0 Å². The van der Waals surface area contributed by atoms with Crippen molar-refractivity contribution in [2.24, 2.45) is 0 Å². The maximum atomic E-state index is 12.6. The molecule has 0 bridgehead atoms. The summed E-state index contributed by atoms with van der Waals surface area (Å²) < 4.78 is 38.2. The van der Waals surface area contributed by atoms with E-state index < -0.39 is 15.3 Å². The van der Waals surface area contributed by atoms with Crippen LogP contribution >= 0.6 is 15.9 Å². The molecule has 160 valence electrons. The van der Waals surface area contributed by atoms with E-state index in [9.17, 15) is 13.2 Å². The number of benzene rings is 2. The van der Waals surface area contributed by atoms with Crippen molar-refractivity contribution in [1.29, 1.82) is 0 Å². The molecule has 1 aromatic heterocycles. The number of aromatic nitrogens is 1. The van der Waals surface area contributed by atoms with E-state index >= 15 is 0 Å². The second-order valence-corrected chi connectivity index (χ2v) is 10.3. The molecule has 0 saturated carbocycles. The molecule has 0 unspecified atom stereocenters. The van der Waals surface area contributed by atoms with Gasteiger partial charge in [0, 0.05) is 21.6 Å². The molecule has 0 saturated heterocycles. The molecule has 3 rings (SSSR count). The molecule has 0 radical (unpaired) electrons. The first-order valence-electron chi connectivity index (χ1n) is 9.64. The van der Waals surface area contributed by atoms with E-state index in [1.165, 1.54) is 3.97 Å². The molecule has 2 aromatic carbocycles. The van der Waals surface area contributed by atoms with Crippen molar-refractivity contribution in [3.8, 4) is 5.75 Å². The number of ether oxygens (including phenoxy) is 2. The number of hydrogen-bond donors (Lipinski definition) is 0. The zero-order valence-corrected chi connectivity index (χ0v) is 19.5. The third kappa shape index (κ3) is 4.70. The summed E-state index contributed by atoms with van der Waals surface area (Å²) in [5, 5.41) is 0.269. The lowest BCUT2D eigenvalue weighted by atomic mass is 10.1. The zero-order valence-electron chi connectivity index (χ0n) is 17.1. The Balaban J connectivity index is 1.84. The van der Waals surface area contributed by atoms with E-state index in [0.717, 1.165) is 16.5 Å². The molecular formula is C22H24BrNO5S. The number of hydrogen-bond acceptors (Lipinski definition) is 5. The van der Waals surface area contributed by atoms with Gasteiger partial charge in [0.1, 0.15) is 12.4 Å².